The molecule has 27 heavy (non-hydrogen) atoms. The third kappa shape index (κ3) is 4.15. The van der Waals surface area contributed by atoms with Crippen LogP contribution in [0, 0.1) is 0 Å². The van der Waals surface area contributed by atoms with E-state index in [0.29, 0.717) is 6.54 Å². The van der Waals surface area contributed by atoms with Crippen molar-refractivity contribution in [2.24, 2.45) is 0 Å². The largest absolute Gasteiger partial charge is 0.468 e. The second-order valence-electron chi connectivity index (χ2n) is 6.55. The molecule has 1 aromatic carbocycles. The molecule has 4 aromatic rings. The second-order valence-corrected chi connectivity index (χ2v) is 6.55. The SMILES string of the molecule is C[C@@H](NCc1cn(Cc2ccccc2)nc1-c1cccnc1)c1ccco1. The van der Waals surface area contributed by atoms with Crippen LogP contribution in [0.25, 0.3) is 11.3 Å². The van der Waals surface area contributed by atoms with Crippen molar-refractivity contribution in [3.05, 3.63) is 96.3 Å². The molecular weight excluding hydrogens is 336 g/mol. The minimum Gasteiger partial charge on any atom is -0.468 e. The van der Waals surface area contributed by atoms with E-state index in [9.17, 15) is 0 Å². The van der Waals surface area contributed by atoms with E-state index in [1.165, 1.54) is 5.56 Å². The van der Waals surface area contributed by atoms with Crippen LogP contribution in [-0.4, -0.2) is 14.8 Å². The molecule has 0 radical (unpaired) electrons. The number of aromatic nitrogens is 3. The highest BCUT2D eigenvalue weighted by molar-refractivity contribution is 5.61. The van der Waals surface area contributed by atoms with Gasteiger partial charge in [-0.2, -0.15) is 5.10 Å². The van der Waals surface area contributed by atoms with Gasteiger partial charge >= 0.3 is 0 Å². The molecule has 0 bridgehead atoms. The van der Waals surface area contributed by atoms with Gasteiger partial charge in [0.1, 0.15) is 5.76 Å². The molecule has 5 nitrogen and oxygen atoms in total. The third-order valence-corrected chi connectivity index (χ3v) is 4.53. The number of rotatable bonds is 7. The molecule has 0 saturated heterocycles. The summed E-state index contributed by atoms with van der Waals surface area (Å²) in [5, 5.41) is 8.35. The summed E-state index contributed by atoms with van der Waals surface area (Å²) in [6, 6.07) is 18.4. The van der Waals surface area contributed by atoms with Crippen molar-refractivity contribution >= 4 is 0 Å². The van der Waals surface area contributed by atoms with Crippen molar-refractivity contribution in [2.75, 3.05) is 0 Å². The Hall–Kier alpha value is -3.18. The average molecular weight is 358 g/mol. The van der Waals surface area contributed by atoms with E-state index in [4.69, 9.17) is 9.52 Å². The number of nitrogens with zero attached hydrogens (tertiary/aromatic N) is 3. The molecule has 1 atom stereocenters. The first-order valence-electron chi connectivity index (χ1n) is 9.07. The van der Waals surface area contributed by atoms with Gasteiger partial charge in [-0.05, 0) is 36.8 Å². The van der Waals surface area contributed by atoms with E-state index in [1.54, 1.807) is 12.5 Å². The van der Waals surface area contributed by atoms with Gasteiger partial charge in [-0.3, -0.25) is 9.67 Å². The summed E-state index contributed by atoms with van der Waals surface area (Å²) in [7, 11) is 0. The van der Waals surface area contributed by atoms with Crippen LogP contribution in [0.5, 0.6) is 0 Å². The first-order chi connectivity index (χ1) is 13.3. The summed E-state index contributed by atoms with van der Waals surface area (Å²) in [6.07, 6.45) is 7.44. The summed E-state index contributed by atoms with van der Waals surface area (Å²) in [4.78, 5) is 4.25. The lowest BCUT2D eigenvalue weighted by molar-refractivity contribution is 0.430. The molecule has 5 heteroatoms. The van der Waals surface area contributed by atoms with Crippen molar-refractivity contribution in [3.63, 3.8) is 0 Å². The van der Waals surface area contributed by atoms with E-state index in [0.717, 1.165) is 29.1 Å². The Bertz CT molecular complexity index is 962. The van der Waals surface area contributed by atoms with Crippen LogP contribution in [0.4, 0.5) is 0 Å². The minimum absolute atomic E-state index is 0.124. The number of nitrogens with one attached hydrogen (secondary N) is 1. The van der Waals surface area contributed by atoms with Crippen LogP contribution in [0.15, 0.2) is 83.9 Å². The Morgan fingerprint density at radius 1 is 1.07 bits per heavy atom. The summed E-state index contributed by atoms with van der Waals surface area (Å²) >= 11 is 0. The highest BCUT2D eigenvalue weighted by Gasteiger charge is 2.14. The van der Waals surface area contributed by atoms with Crippen molar-refractivity contribution in [3.8, 4) is 11.3 Å². The van der Waals surface area contributed by atoms with E-state index >= 15 is 0 Å². The van der Waals surface area contributed by atoms with Crippen molar-refractivity contribution < 1.29 is 4.42 Å². The van der Waals surface area contributed by atoms with E-state index in [-0.39, 0.29) is 6.04 Å². The van der Waals surface area contributed by atoms with Crippen molar-refractivity contribution in [1.82, 2.24) is 20.1 Å². The predicted molar refractivity (Wildman–Crippen MR) is 105 cm³/mol. The molecule has 0 spiro atoms. The fraction of sp³-hybridized carbons (Fsp3) is 0.182. The number of furan rings is 1. The van der Waals surface area contributed by atoms with Crippen LogP contribution in [0.1, 0.15) is 29.9 Å². The molecule has 0 amide bonds. The molecule has 3 aromatic heterocycles. The molecule has 0 aliphatic heterocycles. The molecule has 0 aliphatic carbocycles. The molecule has 0 fully saturated rings. The normalized spacial score (nSPS) is 12.2. The van der Waals surface area contributed by atoms with Crippen LogP contribution in [0.3, 0.4) is 0 Å². The third-order valence-electron chi connectivity index (χ3n) is 4.53. The van der Waals surface area contributed by atoms with Gasteiger partial charge in [0.05, 0.1) is 24.5 Å². The van der Waals surface area contributed by atoms with E-state index in [1.807, 2.05) is 53.3 Å². The maximum Gasteiger partial charge on any atom is 0.120 e. The maximum absolute atomic E-state index is 5.49. The fourth-order valence-electron chi connectivity index (χ4n) is 3.09. The monoisotopic (exact) mass is 358 g/mol. The molecule has 1 N–H and O–H groups in total. The van der Waals surface area contributed by atoms with Gasteiger partial charge in [-0.1, -0.05) is 30.3 Å². The zero-order valence-electron chi connectivity index (χ0n) is 15.2. The molecule has 3 heterocycles. The Balaban J connectivity index is 1.58. The lowest BCUT2D eigenvalue weighted by atomic mass is 10.1. The zero-order chi connectivity index (χ0) is 18.5. The van der Waals surface area contributed by atoms with Crippen LogP contribution >= 0.6 is 0 Å². The van der Waals surface area contributed by atoms with Gasteiger partial charge < -0.3 is 9.73 Å². The lowest BCUT2D eigenvalue weighted by Crippen LogP contribution is -2.17. The summed E-state index contributed by atoms with van der Waals surface area (Å²) in [5.74, 6) is 0.926. The van der Waals surface area contributed by atoms with Gasteiger partial charge in [-0.15, -0.1) is 0 Å². The zero-order valence-corrected chi connectivity index (χ0v) is 15.2. The quantitative estimate of drug-likeness (QED) is 0.531. The standard InChI is InChI=1S/C22H22N4O/c1-17(21-10-6-12-27-21)24-14-20-16-26(15-18-7-3-2-4-8-18)25-22(20)19-9-5-11-23-13-19/h2-13,16-17,24H,14-15H2,1H3/t17-/m1/s1. The van der Waals surface area contributed by atoms with Crippen LogP contribution < -0.4 is 5.32 Å². The Labute approximate surface area is 158 Å². The first kappa shape index (κ1) is 17.2. The number of hydrogen-bond donors (Lipinski definition) is 1. The number of pyridine rings is 1. The Kier molecular flexibility index (Phi) is 5.12. The molecule has 0 unspecified atom stereocenters. The van der Waals surface area contributed by atoms with Gasteiger partial charge in [0.2, 0.25) is 0 Å². The fourth-order valence-corrected chi connectivity index (χ4v) is 3.09. The Morgan fingerprint density at radius 2 is 1.96 bits per heavy atom. The Morgan fingerprint density at radius 3 is 2.70 bits per heavy atom. The van der Waals surface area contributed by atoms with Gasteiger partial charge in [0.15, 0.2) is 0 Å². The topological polar surface area (TPSA) is 55.9 Å². The lowest BCUT2D eigenvalue weighted by Gasteiger charge is -2.11. The van der Waals surface area contributed by atoms with Crippen LogP contribution in [-0.2, 0) is 13.1 Å². The summed E-state index contributed by atoms with van der Waals surface area (Å²) < 4.78 is 7.48. The maximum atomic E-state index is 5.49. The van der Waals surface area contributed by atoms with Gasteiger partial charge in [0, 0.05) is 36.3 Å². The number of benzene rings is 1. The highest BCUT2D eigenvalue weighted by Crippen LogP contribution is 2.23. The smallest absolute Gasteiger partial charge is 0.120 e. The van der Waals surface area contributed by atoms with E-state index < -0.39 is 0 Å². The van der Waals surface area contributed by atoms with Gasteiger partial charge in [-0.25, -0.2) is 0 Å². The van der Waals surface area contributed by atoms with Crippen molar-refractivity contribution in [1.29, 1.82) is 0 Å². The summed E-state index contributed by atoms with van der Waals surface area (Å²) in [6.45, 7) is 3.53. The second kappa shape index (κ2) is 8.01. The molecule has 136 valence electrons. The molecule has 4 rings (SSSR count). The molecule has 0 aliphatic rings. The van der Waals surface area contributed by atoms with Crippen LogP contribution in [0.2, 0.25) is 0 Å². The van der Waals surface area contributed by atoms with Gasteiger partial charge in [0.25, 0.3) is 0 Å². The van der Waals surface area contributed by atoms with Crippen molar-refractivity contribution in [2.45, 2.75) is 26.1 Å². The molecule has 0 saturated carbocycles. The first-order valence-corrected chi connectivity index (χ1v) is 9.07. The minimum atomic E-state index is 0.124. The highest BCUT2D eigenvalue weighted by atomic mass is 16.3. The predicted octanol–water partition coefficient (Wildman–Crippen LogP) is 4.44. The van der Waals surface area contributed by atoms with E-state index in [2.05, 4.69) is 35.6 Å². The average Bonchev–Trinajstić information content (AvgIpc) is 3.38. The summed E-state index contributed by atoms with van der Waals surface area (Å²) in [5.41, 5.74) is 4.34. The number of hydrogen-bond acceptors (Lipinski definition) is 4. The molecular formula is C22H22N4O.